The summed E-state index contributed by atoms with van der Waals surface area (Å²) in [6.07, 6.45) is -0.192. The predicted octanol–water partition coefficient (Wildman–Crippen LogP) is 4.19. The Kier molecular flexibility index (Phi) is 5.67. The van der Waals surface area contributed by atoms with E-state index in [0.717, 1.165) is 5.56 Å². The first-order valence-electron chi connectivity index (χ1n) is 9.33. The third kappa shape index (κ3) is 4.70. The van der Waals surface area contributed by atoms with Gasteiger partial charge in [0.2, 0.25) is 17.8 Å². The molecule has 0 bridgehead atoms. The van der Waals surface area contributed by atoms with Crippen molar-refractivity contribution in [2.75, 3.05) is 16.0 Å². The van der Waals surface area contributed by atoms with E-state index in [1.807, 2.05) is 31.2 Å². The molecule has 0 unspecified atom stereocenters. The quantitative estimate of drug-likeness (QED) is 0.468. The second-order valence-electron chi connectivity index (χ2n) is 7.12. The molecule has 2 heterocycles. The van der Waals surface area contributed by atoms with Gasteiger partial charge in [-0.05, 0) is 37.3 Å². The molecular formula is C21H17Cl2N5O3. The maximum atomic E-state index is 12.9. The molecule has 158 valence electrons. The number of amides is 2. The monoisotopic (exact) mass is 457 g/mol. The zero-order valence-corrected chi connectivity index (χ0v) is 17.8. The Morgan fingerprint density at radius 1 is 1.06 bits per heavy atom. The van der Waals surface area contributed by atoms with Crippen LogP contribution < -0.4 is 21.5 Å². The van der Waals surface area contributed by atoms with Crippen LogP contribution in [0.3, 0.4) is 0 Å². The van der Waals surface area contributed by atoms with E-state index in [1.54, 1.807) is 0 Å². The van der Waals surface area contributed by atoms with E-state index >= 15 is 0 Å². The topological polar surface area (TPSA) is 116 Å². The number of hydrogen-bond donors (Lipinski definition) is 4. The van der Waals surface area contributed by atoms with E-state index < -0.39 is 23.3 Å². The van der Waals surface area contributed by atoms with Crippen LogP contribution in [0, 0.1) is 6.92 Å². The first-order valence-corrected chi connectivity index (χ1v) is 10.1. The molecule has 8 nitrogen and oxygen atoms in total. The Morgan fingerprint density at radius 2 is 1.74 bits per heavy atom. The lowest BCUT2D eigenvalue weighted by atomic mass is 9.92. The zero-order valence-electron chi connectivity index (χ0n) is 16.3. The molecule has 0 saturated heterocycles. The third-order valence-electron chi connectivity index (χ3n) is 4.71. The second kappa shape index (κ2) is 8.41. The van der Waals surface area contributed by atoms with Crippen LogP contribution in [0.15, 0.2) is 47.3 Å². The summed E-state index contributed by atoms with van der Waals surface area (Å²) < 4.78 is 0. The molecule has 31 heavy (non-hydrogen) atoms. The number of halogens is 2. The fourth-order valence-electron chi connectivity index (χ4n) is 3.28. The highest BCUT2D eigenvalue weighted by molar-refractivity contribution is 6.35. The van der Waals surface area contributed by atoms with Gasteiger partial charge in [-0.25, -0.2) is 0 Å². The molecule has 4 rings (SSSR count). The molecule has 2 aromatic carbocycles. The summed E-state index contributed by atoms with van der Waals surface area (Å²) >= 11 is 11.9. The van der Waals surface area contributed by atoms with Crippen molar-refractivity contribution in [3.05, 3.63) is 74.0 Å². The van der Waals surface area contributed by atoms with Gasteiger partial charge in [0.15, 0.2) is 0 Å². The molecule has 10 heteroatoms. The highest BCUT2D eigenvalue weighted by Gasteiger charge is 2.34. The van der Waals surface area contributed by atoms with E-state index in [1.165, 1.54) is 18.2 Å². The molecule has 1 atom stereocenters. The average Bonchev–Trinajstić information content (AvgIpc) is 2.68. The highest BCUT2D eigenvalue weighted by Crippen LogP contribution is 2.31. The van der Waals surface area contributed by atoms with Gasteiger partial charge >= 0.3 is 0 Å². The number of benzene rings is 2. The van der Waals surface area contributed by atoms with Crippen LogP contribution in [0.1, 0.15) is 23.5 Å². The number of aromatic nitrogens is 2. The number of H-pyrrole nitrogens is 1. The van der Waals surface area contributed by atoms with Gasteiger partial charge in [-0.2, -0.15) is 4.98 Å². The molecular weight excluding hydrogens is 441 g/mol. The lowest BCUT2D eigenvalue weighted by molar-refractivity contribution is -0.123. The number of anilines is 4. The summed E-state index contributed by atoms with van der Waals surface area (Å²) in [6, 6.07) is 12.0. The van der Waals surface area contributed by atoms with Crippen molar-refractivity contribution in [2.24, 2.45) is 0 Å². The van der Waals surface area contributed by atoms with Gasteiger partial charge in [-0.15, -0.1) is 0 Å². The third-order valence-corrected chi connectivity index (χ3v) is 5.15. The fraction of sp³-hybridized carbons (Fsp3) is 0.143. The van der Waals surface area contributed by atoms with Crippen LogP contribution in [-0.4, -0.2) is 21.8 Å². The predicted molar refractivity (Wildman–Crippen MR) is 120 cm³/mol. The maximum absolute atomic E-state index is 12.9. The van der Waals surface area contributed by atoms with Gasteiger partial charge in [0, 0.05) is 27.8 Å². The van der Waals surface area contributed by atoms with Gasteiger partial charge < -0.3 is 16.0 Å². The molecule has 0 saturated carbocycles. The second-order valence-corrected chi connectivity index (χ2v) is 7.99. The Morgan fingerprint density at radius 3 is 2.42 bits per heavy atom. The summed E-state index contributed by atoms with van der Waals surface area (Å²) in [6.45, 7) is 1.96. The van der Waals surface area contributed by atoms with E-state index in [4.69, 9.17) is 23.2 Å². The van der Waals surface area contributed by atoms with Crippen molar-refractivity contribution in [2.45, 2.75) is 19.3 Å². The molecule has 4 N–H and O–H groups in total. The normalized spacial score (nSPS) is 15.1. The van der Waals surface area contributed by atoms with Gasteiger partial charge in [-0.1, -0.05) is 40.9 Å². The van der Waals surface area contributed by atoms with Crippen LogP contribution in [-0.2, 0) is 9.59 Å². The minimum atomic E-state index is -1.02. The molecule has 1 aromatic heterocycles. The molecule has 1 aliphatic heterocycles. The van der Waals surface area contributed by atoms with Crippen LogP contribution in [0.2, 0.25) is 10.0 Å². The Labute approximate surface area is 187 Å². The summed E-state index contributed by atoms with van der Waals surface area (Å²) in [7, 11) is 0. The van der Waals surface area contributed by atoms with Gasteiger partial charge in [-0.3, -0.25) is 19.4 Å². The molecule has 0 radical (unpaired) electrons. The van der Waals surface area contributed by atoms with Crippen molar-refractivity contribution < 1.29 is 9.59 Å². The van der Waals surface area contributed by atoms with E-state index in [2.05, 4.69) is 25.9 Å². The van der Waals surface area contributed by atoms with Gasteiger partial charge in [0.05, 0.1) is 11.5 Å². The lowest BCUT2D eigenvalue weighted by Crippen LogP contribution is -2.36. The van der Waals surface area contributed by atoms with Gasteiger partial charge in [0.25, 0.3) is 5.56 Å². The first-order chi connectivity index (χ1) is 14.8. The van der Waals surface area contributed by atoms with Crippen molar-refractivity contribution in [3.63, 3.8) is 0 Å². The van der Waals surface area contributed by atoms with Crippen molar-refractivity contribution >= 4 is 58.2 Å². The van der Waals surface area contributed by atoms with Crippen molar-refractivity contribution in [1.29, 1.82) is 0 Å². The number of hydrogen-bond acceptors (Lipinski definition) is 5. The van der Waals surface area contributed by atoms with Crippen LogP contribution in [0.25, 0.3) is 0 Å². The Hall–Kier alpha value is -3.36. The smallest absolute Gasteiger partial charge is 0.258 e. The summed E-state index contributed by atoms with van der Waals surface area (Å²) in [5, 5.41) is 8.90. The van der Waals surface area contributed by atoms with E-state index in [9.17, 15) is 14.4 Å². The first kappa shape index (κ1) is 20.9. The SMILES string of the molecule is Cc1ccc(Nc2nc3c(c(=O)[nH]2)[C@@H](C(=O)Nc2cc(Cl)cc(Cl)c2)CC(=O)N3)cc1. The summed E-state index contributed by atoms with van der Waals surface area (Å²) in [5.74, 6) is -1.79. The number of nitrogens with one attached hydrogen (secondary N) is 4. The fourth-order valence-corrected chi connectivity index (χ4v) is 3.81. The molecule has 1 aliphatic rings. The number of nitrogens with zero attached hydrogens (tertiary/aromatic N) is 1. The molecule has 3 aromatic rings. The number of carbonyl (C=O) groups excluding carboxylic acids is 2. The van der Waals surface area contributed by atoms with E-state index in [-0.39, 0.29) is 23.8 Å². The van der Waals surface area contributed by atoms with Gasteiger partial charge in [0.1, 0.15) is 5.82 Å². The number of aryl methyl sites for hydroxylation is 1. The van der Waals surface area contributed by atoms with Crippen LogP contribution in [0.4, 0.5) is 23.1 Å². The minimum absolute atomic E-state index is 0.0406. The highest BCUT2D eigenvalue weighted by atomic mass is 35.5. The zero-order chi connectivity index (χ0) is 22.1. The van der Waals surface area contributed by atoms with Crippen LogP contribution in [0.5, 0.6) is 0 Å². The van der Waals surface area contributed by atoms with Crippen molar-refractivity contribution in [1.82, 2.24) is 9.97 Å². The molecule has 0 aliphatic carbocycles. The number of rotatable bonds is 4. The Bertz CT molecular complexity index is 1220. The van der Waals surface area contributed by atoms with Crippen molar-refractivity contribution in [3.8, 4) is 0 Å². The summed E-state index contributed by atoms with van der Waals surface area (Å²) in [4.78, 5) is 44.8. The number of aromatic amines is 1. The maximum Gasteiger partial charge on any atom is 0.258 e. The van der Waals surface area contributed by atoms with Crippen LogP contribution >= 0.6 is 23.2 Å². The average molecular weight is 458 g/mol. The summed E-state index contributed by atoms with van der Waals surface area (Å²) in [5.41, 5.74) is 1.71. The molecule has 0 fully saturated rings. The molecule has 2 amide bonds. The van der Waals surface area contributed by atoms with E-state index in [0.29, 0.717) is 21.4 Å². The largest absolute Gasteiger partial charge is 0.326 e. The number of fused-ring (bicyclic) bond motifs is 1. The minimum Gasteiger partial charge on any atom is -0.326 e. The standard InChI is InChI=1S/C21H17Cl2N5O3/c1-10-2-4-13(5-3-10)25-21-27-18-17(20(31)28-21)15(9-16(29)26-18)19(30)24-14-7-11(22)6-12(23)8-14/h2-8,15H,9H2,1H3,(H,24,30)(H3,25,26,27,28,29,31)/t15-/m0/s1. The number of carbonyl (C=O) groups is 2. The molecule has 0 spiro atoms. The lowest BCUT2D eigenvalue weighted by Gasteiger charge is -2.23. The Balaban J connectivity index is 1.64.